The Labute approximate surface area is 88.6 Å². The van der Waals surface area contributed by atoms with E-state index in [1.165, 1.54) is 0 Å². The number of rotatable bonds is 10. The van der Waals surface area contributed by atoms with Crippen molar-refractivity contribution in [1.29, 1.82) is 0 Å². The van der Waals surface area contributed by atoms with Crippen molar-refractivity contribution in [3.8, 4) is 0 Å². The van der Waals surface area contributed by atoms with Crippen molar-refractivity contribution in [3.05, 3.63) is 0 Å². The van der Waals surface area contributed by atoms with E-state index in [1.54, 1.807) is 0 Å². The first-order valence-electron chi connectivity index (χ1n) is 4.45. The Balaban J connectivity index is 3.47. The molecule has 0 heterocycles. The molecule has 0 bridgehead atoms. The van der Waals surface area contributed by atoms with Crippen molar-refractivity contribution in [2.24, 2.45) is 0 Å². The molecule has 0 aromatic carbocycles. The molecule has 0 aliphatic heterocycles. The summed E-state index contributed by atoms with van der Waals surface area (Å²) in [5.41, 5.74) is 0. The number of aliphatic hydroxyl groups excluding tert-OH is 2. The fourth-order valence-corrected chi connectivity index (χ4v) is 1.44. The lowest BCUT2D eigenvalue weighted by Gasteiger charge is -2.04. The van der Waals surface area contributed by atoms with Gasteiger partial charge in [0.15, 0.2) is 0 Å². The van der Waals surface area contributed by atoms with Crippen LogP contribution in [-0.2, 0) is 24.1 Å². The predicted octanol–water partition coefficient (Wildman–Crippen LogP) is -1.34. The van der Waals surface area contributed by atoms with Crippen molar-refractivity contribution in [3.63, 3.8) is 0 Å². The molecular formula is C7H16O7S. The Kier molecular flexibility index (Phi) is 8.86. The quantitative estimate of drug-likeness (QED) is 0.278. The lowest BCUT2D eigenvalue weighted by molar-refractivity contribution is -0.207. The molecule has 7 nitrogen and oxygen atoms in total. The van der Waals surface area contributed by atoms with Gasteiger partial charge in [-0.3, -0.25) is 0 Å². The van der Waals surface area contributed by atoms with Crippen LogP contribution in [0.15, 0.2) is 0 Å². The molecule has 0 rings (SSSR count). The van der Waals surface area contributed by atoms with Crippen LogP contribution in [0.1, 0.15) is 6.42 Å². The van der Waals surface area contributed by atoms with Gasteiger partial charge in [0, 0.05) is 6.61 Å². The maximum atomic E-state index is 11.0. The van der Waals surface area contributed by atoms with Crippen LogP contribution in [0.2, 0.25) is 0 Å². The third-order valence-electron chi connectivity index (χ3n) is 1.25. The topological polar surface area (TPSA) is 102 Å². The van der Waals surface area contributed by atoms with Gasteiger partial charge in [-0.1, -0.05) is 0 Å². The number of ether oxygens (including phenoxy) is 1. The van der Waals surface area contributed by atoms with Gasteiger partial charge in [0.1, 0.15) is 6.61 Å². The van der Waals surface area contributed by atoms with E-state index in [0.717, 1.165) is 0 Å². The lowest BCUT2D eigenvalue weighted by Crippen LogP contribution is -2.14. The SMILES string of the molecule is O=S(=O)(CCCOCCO)OOCCO. The third-order valence-corrected chi connectivity index (χ3v) is 2.34. The predicted molar refractivity (Wildman–Crippen MR) is 50.4 cm³/mol. The van der Waals surface area contributed by atoms with Crippen molar-refractivity contribution in [2.45, 2.75) is 6.42 Å². The molecular weight excluding hydrogens is 228 g/mol. The average molecular weight is 244 g/mol. The Morgan fingerprint density at radius 3 is 2.27 bits per heavy atom. The highest BCUT2D eigenvalue weighted by molar-refractivity contribution is 7.86. The molecule has 0 atom stereocenters. The summed E-state index contributed by atoms with van der Waals surface area (Å²) in [7, 11) is -3.72. The maximum Gasteiger partial charge on any atom is 0.293 e. The molecule has 0 saturated carbocycles. The highest BCUT2D eigenvalue weighted by atomic mass is 32.2. The second-order valence-electron chi connectivity index (χ2n) is 2.56. The highest BCUT2D eigenvalue weighted by Crippen LogP contribution is 1.97. The summed E-state index contributed by atoms with van der Waals surface area (Å²) in [5.74, 6) is -0.232. The Hall–Kier alpha value is -0.250. The van der Waals surface area contributed by atoms with E-state index >= 15 is 0 Å². The summed E-state index contributed by atoms with van der Waals surface area (Å²) in [4.78, 5) is 4.21. The van der Waals surface area contributed by atoms with Crippen molar-refractivity contribution >= 4 is 10.1 Å². The normalized spacial score (nSPS) is 11.9. The molecule has 0 aliphatic rings. The largest absolute Gasteiger partial charge is 0.394 e. The molecule has 92 valence electrons. The molecule has 0 aliphatic carbocycles. The molecule has 15 heavy (non-hydrogen) atoms. The zero-order chi connectivity index (χ0) is 11.6. The summed E-state index contributed by atoms with van der Waals surface area (Å²) >= 11 is 0. The minimum absolute atomic E-state index is 0.0944. The smallest absolute Gasteiger partial charge is 0.293 e. The van der Waals surface area contributed by atoms with E-state index in [2.05, 4.69) is 9.22 Å². The summed E-state index contributed by atoms with van der Waals surface area (Å²) in [5, 5.41) is 16.6. The number of aliphatic hydroxyl groups is 2. The molecule has 2 N–H and O–H groups in total. The summed E-state index contributed by atoms with van der Waals surface area (Å²) < 4.78 is 30.9. The first-order valence-corrected chi connectivity index (χ1v) is 6.03. The van der Waals surface area contributed by atoms with Crippen LogP contribution in [-0.4, -0.2) is 57.4 Å². The van der Waals surface area contributed by atoms with Crippen LogP contribution in [0.5, 0.6) is 0 Å². The molecule has 0 aromatic heterocycles. The average Bonchev–Trinajstić information content (AvgIpc) is 2.17. The molecule has 0 saturated heterocycles. The Bertz CT molecular complexity index is 225. The molecule has 0 fully saturated rings. The minimum Gasteiger partial charge on any atom is -0.394 e. The first kappa shape index (κ1) is 14.8. The standard InChI is InChI=1S/C7H16O7S/c8-2-5-12-4-1-7-15(10,11)14-13-6-3-9/h8-9H,1-7H2. The Morgan fingerprint density at radius 2 is 1.67 bits per heavy atom. The molecule has 8 heteroatoms. The van der Waals surface area contributed by atoms with Crippen LogP contribution < -0.4 is 0 Å². The third kappa shape index (κ3) is 10.0. The van der Waals surface area contributed by atoms with Crippen molar-refractivity contribution in [2.75, 3.05) is 38.8 Å². The van der Waals surface area contributed by atoms with Gasteiger partial charge in [-0.05, 0) is 6.42 Å². The zero-order valence-corrected chi connectivity index (χ0v) is 9.11. The molecule has 0 radical (unpaired) electrons. The van der Waals surface area contributed by atoms with E-state index in [1.807, 2.05) is 0 Å². The summed E-state index contributed by atoms with van der Waals surface area (Å²) in [6.45, 7) is -0.191. The lowest BCUT2D eigenvalue weighted by atomic mass is 10.5. The number of hydrogen-bond donors (Lipinski definition) is 2. The van der Waals surface area contributed by atoms with Gasteiger partial charge in [-0.15, -0.1) is 4.33 Å². The van der Waals surface area contributed by atoms with Crippen LogP contribution >= 0.6 is 0 Å². The fourth-order valence-electron chi connectivity index (χ4n) is 0.683. The van der Waals surface area contributed by atoms with E-state index < -0.39 is 10.1 Å². The minimum atomic E-state index is -3.72. The van der Waals surface area contributed by atoms with Crippen LogP contribution in [0.4, 0.5) is 0 Å². The van der Waals surface area contributed by atoms with Gasteiger partial charge >= 0.3 is 0 Å². The van der Waals surface area contributed by atoms with Crippen molar-refractivity contribution < 1.29 is 32.6 Å². The summed E-state index contributed by atoms with van der Waals surface area (Å²) in [6, 6.07) is 0. The van der Waals surface area contributed by atoms with Crippen LogP contribution in [0, 0.1) is 0 Å². The van der Waals surface area contributed by atoms with E-state index in [9.17, 15) is 8.42 Å². The van der Waals surface area contributed by atoms with Gasteiger partial charge in [0.2, 0.25) is 0 Å². The van der Waals surface area contributed by atoms with Crippen LogP contribution in [0.3, 0.4) is 0 Å². The second kappa shape index (κ2) is 9.01. The zero-order valence-electron chi connectivity index (χ0n) is 8.29. The van der Waals surface area contributed by atoms with Crippen molar-refractivity contribution in [1.82, 2.24) is 0 Å². The van der Waals surface area contributed by atoms with E-state index in [-0.39, 0.29) is 45.2 Å². The summed E-state index contributed by atoms with van der Waals surface area (Å²) in [6.07, 6.45) is 0.255. The molecule has 0 spiro atoms. The van der Waals surface area contributed by atoms with Gasteiger partial charge in [-0.2, -0.15) is 8.42 Å². The van der Waals surface area contributed by atoms with Gasteiger partial charge < -0.3 is 14.9 Å². The maximum absolute atomic E-state index is 11.0. The molecule has 0 amide bonds. The second-order valence-corrected chi connectivity index (χ2v) is 4.22. The van der Waals surface area contributed by atoms with E-state index in [0.29, 0.717) is 0 Å². The monoisotopic (exact) mass is 244 g/mol. The van der Waals surface area contributed by atoms with E-state index in [4.69, 9.17) is 14.9 Å². The van der Waals surface area contributed by atoms with Gasteiger partial charge in [-0.25, -0.2) is 4.89 Å². The van der Waals surface area contributed by atoms with Gasteiger partial charge in [0.25, 0.3) is 10.1 Å². The first-order chi connectivity index (χ1) is 7.12. The Morgan fingerprint density at radius 1 is 1.00 bits per heavy atom. The van der Waals surface area contributed by atoms with Crippen LogP contribution in [0.25, 0.3) is 0 Å². The highest BCUT2D eigenvalue weighted by Gasteiger charge is 2.11. The number of hydrogen-bond acceptors (Lipinski definition) is 7. The molecule has 0 aromatic rings. The fraction of sp³-hybridized carbons (Fsp3) is 1.00. The molecule has 0 unspecified atom stereocenters. The van der Waals surface area contributed by atoms with Gasteiger partial charge in [0.05, 0.1) is 25.6 Å².